The van der Waals surface area contributed by atoms with Crippen molar-refractivity contribution in [2.75, 3.05) is 12.4 Å². The minimum Gasteiger partial charge on any atom is -0.496 e. The lowest BCUT2D eigenvalue weighted by molar-refractivity contribution is 0.101. The summed E-state index contributed by atoms with van der Waals surface area (Å²) < 4.78 is 11.7. The summed E-state index contributed by atoms with van der Waals surface area (Å²) in [6, 6.07) is 18.6. The number of hydrogen-bond acceptors (Lipinski definition) is 4. The maximum absolute atomic E-state index is 13.2. The van der Waals surface area contributed by atoms with Gasteiger partial charge in [0.15, 0.2) is 5.76 Å². The predicted molar refractivity (Wildman–Crippen MR) is 120 cm³/mol. The number of para-hydroxylation sites is 1. The van der Waals surface area contributed by atoms with Crippen LogP contribution in [-0.2, 0) is 0 Å². The molecule has 0 aliphatic carbocycles. The largest absolute Gasteiger partial charge is 0.496 e. The summed E-state index contributed by atoms with van der Waals surface area (Å²) in [5.41, 5.74) is 1.63. The molecule has 0 spiro atoms. The normalized spacial score (nSPS) is 10.8. The quantitative estimate of drug-likeness (QED) is 0.336. The van der Waals surface area contributed by atoms with Crippen molar-refractivity contribution < 1.29 is 18.7 Å². The molecular formula is C23H15BrClNO4. The number of carbonyl (C=O) groups excluding carboxylic acids is 2. The van der Waals surface area contributed by atoms with Crippen LogP contribution in [0.25, 0.3) is 11.0 Å². The number of benzene rings is 3. The van der Waals surface area contributed by atoms with Gasteiger partial charge < -0.3 is 14.5 Å². The van der Waals surface area contributed by atoms with E-state index in [1.165, 1.54) is 0 Å². The van der Waals surface area contributed by atoms with Gasteiger partial charge in [0.2, 0.25) is 5.78 Å². The van der Waals surface area contributed by atoms with Crippen molar-refractivity contribution in [2.45, 2.75) is 0 Å². The van der Waals surface area contributed by atoms with Crippen LogP contribution >= 0.6 is 27.5 Å². The van der Waals surface area contributed by atoms with Gasteiger partial charge in [0.1, 0.15) is 11.3 Å². The van der Waals surface area contributed by atoms with Gasteiger partial charge in [-0.05, 0) is 70.5 Å². The second-order valence-electron chi connectivity index (χ2n) is 6.44. The first kappa shape index (κ1) is 20.2. The molecule has 0 atom stereocenters. The summed E-state index contributed by atoms with van der Waals surface area (Å²) in [5.74, 6) is -0.0767. The first-order chi connectivity index (χ1) is 14.5. The number of carbonyl (C=O) groups is 2. The van der Waals surface area contributed by atoms with Crippen molar-refractivity contribution >= 4 is 55.9 Å². The fourth-order valence-electron chi connectivity index (χ4n) is 3.06. The fourth-order valence-corrected chi connectivity index (χ4v) is 3.72. The Bertz CT molecular complexity index is 1260. The Morgan fingerprint density at radius 3 is 2.40 bits per heavy atom. The van der Waals surface area contributed by atoms with Crippen LogP contribution in [0.5, 0.6) is 5.75 Å². The van der Waals surface area contributed by atoms with Crippen LogP contribution in [0.4, 0.5) is 5.69 Å². The molecular weight excluding hydrogens is 470 g/mol. The molecule has 0 saturated heterocycles. The zero-order valence-corrected chi connectivity index (χ0v) is 18.1. The van der Waals surface area contributed by atoms with Crippen LogP contribution in [0.15, 0.2) is 75.6 Å². The van der Waals surface area contributed by atoms with Crippen molar-refractivity contribution in [3.05, 3.63) is 93.1 Å². The highest BCUT2D eigenvalue weighted by Crippen LogP contribution is 2.34. The number of anilines is 1. The van der Waals surface area contributed by atoms with Crippen LogP contribution < -0.4 is 10.1 Å². The third-order valence-electron chi connectivity index (χ3n) is 4.56. The predicted octanol–water partition coefficient (Wildman–Crippen LogP) is 6.34. The molecule has 0 fully saturated rings. The number of rotatable bonds is 5. The van der Waals surface area contributed by atoms with E-state index in [4.69, 9.17) is 20.8 Å². The summed E-state index contributed by atoms with van der Waals surface area (Å²) in [4.78, 5) is 26.0. The highest BCUT2D eigenvalue weighted by Gasteiger charge is 2.24. The van der Waals surface area contributed by atoms with E-state index in [1.807, 2.05) is 6.07 Å². The number of furan rings is 1. The Labute approximate surface area is 185 Å². The molecule has 0 aliphatic heterocycles. The molecule has 3 aromatic carbocycles. The van der Waals surface area contributed by atoms with Gasteiger partial charge in [-0.15, -0.1) is 0 Å². The molecule has 5 nitrogen and oxygen atoms in total. The van der Waals surface area contributed by atoms with E-state index in [9.17, 15) is 9.59 Å². The number of methoxy groups -OCH3 is 1. The molecule has 1 aromatic heterocycles. The lowest BCUT2D eigenvalue weighted by Crippen LogP contribution is -2.14. The molecule has 0 bridgehead atoms. The fraction of sp³-hybridized carbons (Fsp3) is 0.0435. The van der Waals surface area contributed by atoms with Gasteiger partial charge in [0, 0.05) is 21.5 Å². The molecule has 0 saturated carbocycles. The number of halogens is 2. The summed E-state index contributed by atoms with van der Waals surface area (Å²) in [5, 5.41) is 3.99. The SMILES string of the molecule is COc1ccc(C(=O)c2oc3ccccc3c2NC(=O)c2ccc(Cl)cc2)cc1Br. The third-order valence-corrected chi connectivity index (χ3v) is 5.43. The average molecular weight is 485 g/mol. The highest BCUT2D eigenvalue weighted by atomic mass is 79.9. The van der Waals surface area contributed by atoms with Crippen molar-refractivity contribution in [2.24, 2.45) is 0 Å². The van der Waals surface area contributed by atoms with Crippen LogP contribution in [-0.4, -0.2) is 18.8 Å². The van der Waals surface area contributed by atoms with Crippen molar-refractivity contribution in [1.29, 1.82) is 0 Å². The van der Waals surface area contributed by atoms with Gasteiger partial charge in [-0.25, -0.2) is 0 Å². The lowest BCUT2D eigenvalue weighted by Gasteiger charge is -2.08. The first-order valence-electron chi connectivity index (χ1n) is 8.94. The van der Waals surface area contributed by atoms with E-state index >= 15 is 0 Å². The number of ketones is 1. The number of amides is 1. The zero-order valence-electron chi connectivity index (χ0n) is 15.7. The summed E-state index contributed by atoms with van der Waals surface area (Å²) >= 11 is 9.29. The van der Waals surface area contributed by atoms with Crippen LogP contribution in [0.1, 0.15) is 26.5 Å². The standard InChI is InChI=1S/C23H15BrClNO4/c1-29-19-11-8-14(12-17(19)24)21(27)22-20(16-4-2-3-5-18(16)30-22)26-23(28)13-6-9-15(25)10-7-13/h2-12H,1H3,(H,26,28). The molecule has 4 rings (SSSR count). The lowest BCUT2D eigenvalue weighted by atomic mass is 10.1. The molecule has 7 heteroatoms. The highest BCUT2D eigenvalue weighted by molar-refractivity contribution is 9.10. The first-order valence-corrected chi connectivity index (χ1v) is 10.1. The molecule has 150 valence electrons. The Balaban J connectivity index is 1.76. The van der Waals surface area contributed by atoms with Gasteiger partial charge in [0.25, 0.3) is 5.91 Å². The molecule has 1 amide bonds. The van der Waals surface area contributed by atoms with E-state index in [-0.39, 0.29) is 17.5 Å². The Morgan fingerprint density at radius 1 is 1.00 bits per heavy atom. The number of nitrogens with one attached hydrogen (secondary N) is 1. The Kier molecular flexibility index (Phi) is 5.61. The third kappa shape index (κ3) is 3.84. The van der Waals surface area contributed by atoms with Gasteiger partial charge in [-0.1, -0.05) is 23.7 Å². The summed E-state index contributed by atoms with van der Waals surface area (Å²) in [7, 11) is 1.55. The topological polar surface area (TPSA) is 68.5 Å². The van der Waals surface area contributed by atoms with E-state index in [2.05, 4.69) is 21.2 Å². The number of hydrogen-bond donors (Lipinski definition) is 1. The summed E-state index contributed by atoms with van der Waals surface area (Å²) in [6.07, 6.45) is 0. The molecule has 0 aliphatic rings. The molecule has 0 radical (unpaired) electrons. The monoisotopic (exact) mass is 483 g/mol. The van der Waals surface area contributed by atoms with Crippen LogP contribution in [0.2, 0.25) is 5.02 Å². The Hall–Kier alpha value is -3.09. The van der Waals surface area contributed by atoms with Gasteiger partial charge in [0.05, 0.1) is 17.3 Å². The smallest absolute Gasteiger partial charge is 0.255 e. The minimum atomic E-state index is -0.372. The Morgan fingerprint density at radius 2 is 1.70 bits per heavy atom. The van der Waals surface area contributed by atoms with E-state index in [0.717, 1.165) is 0 Å². The minimum absolute atomic E-state index is 0.0515. The molecule has 30 heavy (non-hydrogen) atoms. The van der Waals surface area contributed by atoms with Gasteiger partial charge in [-0.2, -0.15) is 0 Å². The second-order valence-corrected chi connectivity index (χ2v) is 7.73. The number of fused-ring (bicyclic) bond motifs is 1. The molecule has 4 aromatic rings. The van der Waals surface area contributed by atoms with E-state index < -0.39 is 0 Å². The van der Waals surface area contributed by atoms with Gasteiger partial charge in [-0.3, -0.25) is 9.59 Å². The van der Waals surface area contributed by atoms with Crippen molar-refractivity contribution in [1.82, 2.24) is 0 Å². The number of ether oxygens (including phenoxy) is 1. The summed E-state index contributed by atoms with van der Waals surface area (Å²) in [6.45, 7) is 0. The zero-order chi connectivity index (χ0) is 21.3. The van der Waals surface area contributed by atoms with Crippen LogP contribution in [0, 0.1) is 0 Å². The van der Waals surface area contributed by atoms with Gasteiger partial charge >= 0.3 is 0 Å². The second kappa shape index (κ2) is 8.34. The maximum atomic E-state index is 13.2. The van der Waals surface area contributed by atoms with Crippen molar-refractivity contribution in [3.8, 4) is 5.75 Å². The van der Waals surface area contributed by atoms with E-state index in [1.54, 1.807) is 67.8 Å². The van der Waals surface area contributed by atoms with Crippen LogP contribution in [0.3, 0.4) is 0 Å². The maximum Gasteiger partial charge on any atom is 0.255 e. The molecule has 0 unspecified atom stereocenters. The van der Waals surface area contributed by atoms with E-state index in [0.29, 0.717) is 43.0 Å². The average Bonchev–Trinajstić information content (AvgIpc) is 3.12. The molecule has 1 N–H and O–H groups in total. The molecule has 1 heterocycles. The van der Waals surface area contributed by atoms with Crippen molar-refractivity contribution in [3.63, 3.8) is 0 Å².